The van der Waals surface area contributed by atoms with Crippen LogP contribution in [0.1, 0.15) is 52.1 Å². The minimum atomic E-state index is 0. The Morgan fingerprint density at radius 3 is 2.61 bits per heavy atom. The Morgan fingerprint density at radius 1 is 1.39 bits per heavy atom. The van der Waals surface area contributed by atoms with Gasteiger partial charge in [-0.15, -0.1) is 24.0 Å². The molecule has 5 nitrogen and oxygen atoms in total. The zero-order valence-electron chi connectivity index (χ0n) is 14.9. The molecular weight excluding hydrogens is 401 g/mol. The Labute approximate surface area is 157 Å². The second-order valence-corrected chi connectivity index (χ2v) is 6.95. The Bertz CT molecular complexity index is 491. The van der Waals surface area contributed by atoms with Crippen LogP contribution in [0.15, 0.2) is 17.3 Å². The highest BCUT2D eigenvalue weighted by atomic mass is 127. The molecule has 0 unspecified atom stereocenters. The van der Waals surface area contributed by atoms with Crippen molar-refractivity contribution in [1.82, 2.24) is 20.4 Å². The van der Waals surface area contributed by atoms with E-state index >= 15 is 0 Å². The first-order chi connectivity index (χ1) is 10.5. The lowest BCUT2D eigenvalue weighted by atomic mass is 9.64. The van der Waals surface area contributed by atoms with Gasteiger partial charge in [0.05, 0.1) is 12.2 Å². The predicted octanol–water partition coefficient (Wildman–Crippen LogP) is 3.31. The number of aryl methyl sites for hydroxylation is 1. The molecule has 6 heteroatoms. The topological polar surface area (TPSA) is 54.2 Å². The van der Waals surface area contributed by atoms with Crippen molar-refractivity contribution >= 4 is 29.9 Å². The summed E-state index contributed by atoms with van der Waals surface area (Å²) in [6, 6.07) is 2.01. The third-order valence-corrected chi connectivity index (χ3v) is 4.55. The molecule has 0 radical (unpaired) electrons. The van der Waals surface area contributed by atoms with E-state index in [1.165, 1.54) is 25.7 Å². The van der Waals surface area contributed by atoms with E-state index in [1.54, 1.807) is 0 Å². The van der Waals surface area contributed by atoms with Crippen molar-refractivity contribution < 1.29 is 0 Å². The molecule has 1 aromatic rings. The standard InChI is InChI=1S/C17H31N5.HI/c1-5-18-16(19-12-15-7-10-21-22(15)4)20-13-17(8-6-9-17)11-14(2)3;/h7,10,14H,5-6,8-9,11-13H2,1-4H3,(H2,18,19,20);1H. The lowest BCUT2D eigenvalue weighted by Crippen LogP contribution is -2.47. The van der Waals surface area contributed by atoms with Gasteiger partial charge in [0.15, 0.2) is 5.96 Å². The number of aromatic nitrogens is 2. The maximum Gasteiger partial charge on any atom is 0.191 e. The van der Waals surface area contributed by atoms with Gasteiger partial charge >= 0.3 is 0 Å². The molecule has 0 aromatic carbocycles. The van der Waals surface area contributed by atoms with E-state index in [4.69, 9.17) is 4.99 Å². The molecule has 2 rings (SSSR count). The van der Waals surface area contributed by atoms with Crippen LogP contribution >= 0.6 is 24.0 Å². The molecule has 1 aliphatic rings. The fourth-order valence-electron chi connectivity index (χ4n) is 3.33. The number of rotatable bonds is 7. The van der Waals surface area contributed by atoms with Crippen molar-refractivity contribution in [3.63, 3.8) is 0 Å². The summed E-state index contributed by atoms with van der Waals surface area (Å²) in [4.78, 5) is 4.69. The molecule has 0 amide bonds. The highest BCUT2D eigenvalue weighted by Crippen LogP contribution is 2.45. The minimum absolute atomic E-state index is 0. The smallest absolute Gasteiger partial charge is 0.191 e. The van der Waals surface area contributed by atoms with Crippen LogP contribution < -0.4 is 10.6 Å². The maximum absolute atomic E-state index is 4.69. The molecule has 0 atom stereocenters. The molecule has 1 saturated carbocycles. The van der Waals surface area contributed by atoms with Gasteiger partial charge in [0, 0.05) is 26.3 Å². The molecule has 2 N–H and O–H groups in total. The van der Waals surface area contributed by atoms with Crippen LogP contribution in [0, 0.1) is 11.3 Å². The summed E-state index contributed by atoms with van der Waals surface area (Å²) in [7, 11) is 1.96. The third-order valence-electron chi connectivity index (χ3n) is 4.55. The van der Waals surface area contributed by atoms with Gasteiger partial charge in [-0.2, -0.15) is 5.10 Å². The Kier molecular flexibility index (Phi) is 8.36. The number of nitrogens with one attached hydrogen (secondary N) is 2. The molecular formula is C17H32IN5. The summed E-state index contributed by atoms with van der Waals surface area (Å²) >= 11 is 0. The van der Waals surface area contributed by atoms with Gasteiger partial charge in [0.25, 0.3) is 0 Å². The van der Waals surface area contributed by atoms with Crippen LogP contribution in [0.5, 0.6) is 0 Å². The van der Waals surface area contributed by atoms with Gasteiger partial charge in [-0.25, -0.2) is 4.99 Å². The van der Waals surface area contributed by atoms with E-state index < -0.39 is 0 Å². The largest absolute Gasteiger partial charge is 0.357 e. The molecule has 1 fully saturated rings. The van der Waals surface area contributed by atoms with Crippen molar-refractivity contribution in [1.29, 1.82) is 0 Å². The van der Waals surface area contributed by atoms with E-state index in [0.717, 1.165) is 30.7 Å². The summed E-state index contributed by atoms with van der Waals surface area (Å²) in [6.45, 7) is 9.32. The predicted molar refractivity (Wildman–Crippen MR) is 107 cm³/mol. The van der Waals surface area contributed by atoms with Gasteiger partial charge in [0.2, 0.25) is 0 Å². The average molecular weight is 433 g/mol. The summed E-state index contributed by atoms with van der Waals surface area (Å²) in [5.74, 6) is 1.68. The number of nitrogens with zero attached hydrogens (tertiary/aromatic N) is 3. The summed E-state index contributed by atoms with van der Waals surface area (Å²) in [5, 5.41) is 11.1. The highest BCUT2D eigenvalue weighted by Gasteiger charge is 2.37. The van der Waals surface area contributed by atoms with E-state index in [9.17, 15) is 0 Å². The van der Waals surface area contributed by atoms with Crippen molar-refractivity contribution in [3.8, 4) is 0 Å². The zero-order valence-corrected chi connectivity index (χ0v) is 17.3. The molecule has 0 spiro atoms. The van der Waals surface area contributed by atoms with Gasteiger partial charge in [-0.3, -0.25) is 4.68 Å². The molecule has 1 aliphatic carbocycles. The first-order valence-electron chi connectivity index (χ1n) is 8.54. The van der Waals surface area contributed by atoms with Crippen molar-refractivity contribution in [3.05, 3.63) is 18.0 Å². The third kappa shape index (κ3) is 5.97. The van der Waals surface area contributed by atoms with Crippen LogP contribution in [0.2, 0.25) is 0 Å². The normalized spacial score (nSPS) is 16.7. The first-order valence-corrected chi connectivity index (χ1v) is 8.54. The van der Waals surface area contributed by atoms with Crippen LogP contribution in [0.4, 0.5) is 0 Å². The zero-order chi connectivity index (χ0) is 16.0. The second kappa shape index (κ2) is 9.49. The summed E-state index contributed by atoms with van der Waals surface area (Å²) in [5.41, 5.74) is 1.61. The van der Waals surface area contributed by atoms with Gasteiger partial charge in [-0.05, 0) is 43.6 Å². The van der Waals surface area contributed by atoms with Crippen molar-refractivity contribution in [2.45, 2.75) is 53.0 Å². The van der Waals surface area contributed by atoms with E-state index in [0.29, 0.717) is 12.0 Å². The molecule has 132 valence electrons. The van der Waals surface area contributed by atoms with E-state index in [-0.39, 0.29) is 24.0 Å². The first kappa shape index (κ1) is 20.3. The van der Waals surface area contributed by atoms with Gasteiger partial charge < -0.3 is 10.6 Å². The Morgan fingerprint density at radius 2 is 2.13 bits per heavy atom. The average Bonchev–Trinajstić information content (AvgIpc) is 2.83. The van der Waals surface area contributed by atoms with Crippen LogP contribution in [-0.4, -0.2) is 28.8 Å². The number of guanidine groups is 1. The monoisotopic (exact) mass is 433 g/mol. The lowest BCUT2D eigenvalue weighted by Gasteiger charge is -2.43. The SMILES string of the molecule is CCNC(=NCc1ccnn1C)NCC1(CC(C)C)CCC1.I. The second-order valence-electron chi connectivity index (χ2n) is 6.95. The van der Waals surface area contributed by atoms with E-state index in [2.05, 4.69) is 36.5 Å². The molecule has 0 bridgehead atoms. The Hall–Kier alpha value is -0.790. The Balaban J connectivity index is 0.00000264. The van der Waals surface area contributed by atoms with Crippen molar-refractivity contribution in [2.75, 3.05) is 13.1 Å². The number of hydrogen-bond donors (Lipinski definition) is 2. The lowest BCUT2D eigenvalue weighted by molar-refractivity contribution is 0.104. The number of halogens is 1. The van der Waals surface area contributed by atoms with Crippen LogP contribution in [0.3, 0.4) is 0 Å². The molecule has 0 saturated heterocycles. The van der Waals surface area contributed by atoms with Crippen LogP contribution in [0.25, 0.3) is 0 Å². The molecule has 23 heavy (non-hydrogen) atoms. The molecule has 1 aromatic heterocycles. The number of aliphatic imine (C=N–C) groups is 1. The van der Waals surface area contributed by atoms with Gasteiger partial charge in [0.1, 0.15) is 0 Å². The molecule has 1 heterocycles. The van der Waals surface area contributed by atoms with Gasteiger partial charge in [-0.1, -0.05) is 20.3 Å². The highest BCUT2D eigenvalue weighted by molar-refractivity contribution is 14.0. The minimum Gasteiger partial charge on any atom is -0.357 e. The number of hydrogen-bond acceptors (Lipinski definition) is 2. The maximum atomic E-state index is 4.69. The van der Waals surface area contributed by atoms with Crippen molar-refractivity contribution in [2.24, 2.45) is 23.4 Å². The van der Waals surface area contributed by atoms with E-state index in [1.807, 2.05) is 24.0 Å². The summed E-state index contributed by atoms with van der Waals surface area (Å²) < 4.78 is 1.87. The molecule has 0 aliphatic heterocycles. The fourth-order valence-corrected chi connectivity index (χ4v) is 3.33. The fraction of sp³-hybridized carbons (Fsp3) is 0.765. The summed E-state index contributed by atoms with van der Waals surface area (Å²) in [6.07, 6.45) is 7.19. The quantitative estimate of drug-likeness (QED) is 0.394. The van der Waals surface area contributed by atoms with Crippen LogP contribution in [-0.2, 0) is 13.6 Å².